The standard InChI is InChI=1S/C15H23N3OS/c1-9(2)11-5-4-10(3)8-12(11)19-15-13(14(16)20)17-6-7-18-15/h6-7,9-12H,4-5,8H2,1-3H3,(H2,16,20). The third-order valence-electron chi connectivity index (χ3n) is 4.12. The average molecular weight is 293 g/mol. The first-order valence-corrected chi connectivity index (χ1v) is 7.67. The van der Waals surface area contributed by atoms with E-state index in [2.05, 4.69) is 30.7 Å². The minimum atomic E-state index is 0.170. The van der Waals surface area contributed by atoms with E-state index in [1.165, 1.54) is 12.8 Å². The summed E-state index contributed by atoms with van der Waals surface area (Å²) in [4.78, 5) is 8.67. The minimum absolute atomic E-state index is 0.170. The Balaban J connectivity index is 2.20. The largest absolute Gasteiger partial charge is 0.472 e. The van der Waals surface area contributed by atoms with E-state index in [1.807, 2.05) is 0 Å². The van der Waals surface area contributed by atoms with Crippen molar-refractivity contribution >= 4 is 17.2 Å². The van der Waals surface area contributed by atoms with Crippen LogP contribution in [0.5, 0.6) is 5.88 Å². The van der Waals surface area contributed by atoms with E-state index in [4.69, 9.17) is 22.7 Å². The quantitative estimate of drug-likeness (QED) is 0.865. The molecule has 1 aliphatic rings. The van der Waals surface area contributed by atoms with Crippen LogP contribution in [0.3, 0.4) is 0 Å². The molecule has 1 aliphatic carbocycles. The molecule has 1 fully saturated rings. The zero-order chi connectivity index (χ0) is 14.7. The molecular formula is C15H23N3OS. The molecule has 0 aliphatic heterocycles. The lowest BCUT2D eigenvalue weighted by Gasteiger charge is -2.37. The second kappa shape index (κ2) is 6.48. The zero-order valence-electron chi connectivity index (χ0n) is 12.4. The summed E-state index contributed by atoms with van der Waals surface area (Å²) in [5.41, 5.74) is 6.18. The maximum Gasteiger partial charge on any atom is 0.243 e. The van der Waals surface area contributed by atoms with Crippen molar-refractivity contribution in [1.82, 2.24) is 9.97 Å². The Kier molecular flexibility index (Phi) is 4.91. The molecule has 2 rings (SSSR count). The van der Waals surface area contributed by atoms with Gasteiger partial charge in [0.15, 0.2) is 5.69 Å². The van der Waals surface area contributed by atoms with Crippen LogP contribution in [0.25, 0.3) is 0 Å². The van der Waals surface area contributed by atoms with Gasteiger partial charge in [0.1, 0.15) is 11.1 Å². The summed E-state index contributed by atoms with van der Waals surface area (Å²) in [5.74, 6) is 2.30. The third kappa shape index (κ3) is 3.45. The number of nitrogens with two attached hydrogens (primary N) is 1. The minimum Gasteiger partial charge on any atom is -0.472 e. The summed E-state index contributed by atoms with van der Waals surface area (Å²) in [5, 5.41) is 0. The summed E-state index contributed by atoms with van der Waals surface area (Å²) in [6.45, 7) is 6.78. The molecule has 0 radical (unpaired) electrons. The molecule has 20 heavy (non-hydrogen) atoms. The van der Waals surface area contributed by atoms with Crippen molar-refractivity contribution < 1.29 is 4.74 Å². The lowest BCUT2D eigenvalue weighted by atomic mass is 9.75. The summed E-state index contributed by atoms with van der Waals surface area (Å²) < 4.78 is 6.15. The first-order valence-electron chi connectivity index (χ1n) is 7.26. The van der Waals surface area contributed by atoms with Gasteiger partial charge in [-0.2, -0.15) is 0 Å². The lowest BCUT2D eigenvalue weighted by molar-refractivity contribution is 0.0422. The predicted molar refractivity (Wildman–Crippen MR) is 83.7 cm³/mol. The molecule has 110 valence electrons. The fourth-order valence-electron chi connectivity index (χ4n) is 2.97. The van der Waals surface area contributed by atoms with E-state index in [0.29, 0.717) is 29.3 Å². The van der Waals surface area contributed by atoms with E-state index < -0.39 is 0 Å². The molecule has 2 N–H and O–H groups in total. The van der Waals surface area contributed by atoms with Crippen LogP contribution in [0, 0.1) is 17.8 Å². The van der Waals surface area contributed by atoms with Gasteiger partial charge >= 0.3 is 0 Å². The fraction of sp³-hybridized carbons (Fsp3) is 0.667. The summed E-state index contributed by atoms with van der Waals surface area (Å²) in [6.07, 6.45) is 6.90. The number of nitrogens with zero attached hydrogens (tertiary/aromatic N) is 2. The van der Waals surface area contributed by atoms with Crippen LogP contribution in [0.1, 0.15) is 45.7 Å². The molecule has 0 saturated heterocycles. The normalized spacial score (nSPS) is 26.5. The van der Waals surface area contributed by atoms with E-state index in [9.17, 15) is 0 Å². The summed E-state index contributed by atoms with van der Waals surface area (Å²) in [7, 11) is 0. The number of ether oxygens (including phenoxy) is 1. The average Bonchev–Trinajstić information content (AvgIpc) is 2.38. The van der Waals surface area contributed by atoms with Gasteiger partial charge in [0.25, 0.3) is 0 Å². The van der Waals surface area contributed by atoms with Gasteiger partial charge in [0.05, 0.1) is 0 Å². The maximum absolute atomic E-state index is 6.15. The van der Waals surface area contributed by atoms with E-state index in [1.54, 1.807) is 12.4 Å². The Hall–Kier alpha value is -1.23. The molecule has 3 unspecified atom stereocenters. The van der Waals surface area contributed by atoms with Crippen LogP contribution >= 0.6 is 12.2 Å². The van der Waals surface area contributed by atoms with E-state index >= 15 is 0 Å². The number of hydrogen-bond acceptors (Lipinski definition) is 4. The Bertz CT molecular complexity index is 478. The summed E-state index contributed by atoms with van der Waals surface area (Å²) in [6, 6.07) is 0. The Labute approximate surface area is 126 Å². The molecule has 0 aromatic carbocycles. The lowest BCUT2D eigenvalue weighted by Crippen LogP contribution is -2.37. The molecule has 4 nitrogen and oxygen atoms in total. The highest BCUT2D eigenvalue weighted by Crippen LogP contribution is 2.35. The van der Waals surface area contributed by atoms with Gasteiger partial charge in [0.2, 0.25) is 5.88 Å². The Morgan fingerprint density at radius 1 is 1.35 bits per heavy atom. The highest BCUT2D eigenvalue weighted by molar-refractivity contribution is 7.80. The Morgan fingerprint density at radius 2 is 2.05 bits per heavy atom. The van der Waals surface area contributed by atoms with Crippen LogP contribution in [-0.4, -0.2) is 21.1 Å². The van der Waals surface area contributed by atoms with Crippen LogP contribution in [0.2, 0.25) is 0 Å². The molecule has 1 aromatic rings. The van der Waals surface area contributed by atoms with E-state index in [-0.39, 0.29) is 11.1 Å². The van der Waals surface area contributed by atoms with Crippen molar-refractivity contribution in [2.45, 2.75) is 46.1 Å². The molecule has 1 saturated carbocycles. The van der Waals surface area contributed by atoms with Gasteiger partial charge in [0, 0.05) is 12.4 Å². The van der Waals surface area contributed by atoms with Crippen LogP contribution in [0.4, 0.5) is 0 Å². The molecule has 0 bridgehead atoms. The SMILES string of the molecule is CC1CCC(C(C)C)C(Oc2nccnc2C(N)=S)C1. The number of rotatable bonds is 4. The number of thiocarbonyl (C=S) groups is 1. The Morgan fingerprint density at radius 3 is 2.70 bits per heavy atom. The van der Waals surface area contributed by atoms with Gasteiger partial charge in [-0.1, -0.05) is 39.4 Å². The zero-order valence-corrected chi connectivity index (χ0v) is 13.2. The molecule has 1 heterocycles. The van der Waals surface area contributed by atoms with Crippen LogP contribution in [-0.2, 0) is 0 Å². The van der Waals surface area contributed by atoms with Gasteiger partial charge in [-0.25, -0.2) is 9.97 Å². The molecule has 5 heteroatoms. The number of aromatic nitrogens is 2. The third-order valence-corrected chi connectivity index (χ3v) is 4.32. The molecule has 0 amide bonds. The first kappa shape index (κ1) is 15.2. The highest BCUT2D eigenvalue weighted by Gasteiger charge is 2.33. The number of hydrogen-bond donors (Lipinski definition) is 1. The topological polar surface area (TPSA) is 61.0 Å². The predicted octanol–water partition coefficient (Wildman–Crippen LogP) is 2.95. The van der Waals surface area contributed by atoms with Gasteiger partial charge in [-0.15, -0.1) is 0 Å². The van der Waals surface area contributed by atoms with Gasteiger partial charge in [-0.05, 0) is 30.6 Å². The monoisotopic (exact) mass is 293 g/mol. The van der Waals surface area contributed by atoms with Crippen molar-refractivity contribution in [2.75, 3.05) is 0 Å². The second-order valence-electron chi connectivity index (χ2n) is 6.06. The molecule has 3 atom stereocenters. The van der Waals surface area contributed by atoms with Crippen molar-refractivity contribution in [1.29, 1.82) is 0 Å². The van der Waals surface area contributed by atoms with Crippen LogP contribution < -0.4 is 10.5 Å². The van der Waals surface area contributed by atoms with Crippen molar-refractivity contribution in [3.8, 4) is 5.88 Å². The summed E-state index contributed by atoms with van der Waals surface area (Å²) >= 11 is 5.02. The molecular weight excluding hydrogens is 270 g/mol. The molecule has 0 spiro atoms. The van der Waals surface area contributed by atoms with Crippen molar-refractivity contribution in [3.05, 3.63) is 18.1 Å². The van der Waals surface area contributed by atoms with Crippen molar-refractivity contribution in [3.63, 3.8) is 0 Å². The maximum atomic E-state index is 6.15. The van der Waals surface area contributed by atoms with Gasteiger partial charge in [-0.3, -0.25) is 0 Å². The van der Waals surface area contributed by atoms with E-state index in [0.717, 1.165) is 6.42 Å². The molecule has 1 aromatic heterocycles. The first-order chi connectivity index (χ1) is 9.49. The van der Waals surface area contributed by atoms with Crippen molar-refractivity contribution in [2.24, 2.45) is 23.5 Å². The smallest absolute Gasteiger partial charge is 0.243 e. The van der Waals surface area contributed by atoms with Gasteiger partial charge < -0.3 is 10.5 Å². The fourth-order valence-corrected chi connectivity index (χ4v) is 3.11. The highest BCUT2D eigenvalue weighted by atomic mass is 32.1. The van der Waals surface area contributed by atoms with Crippen LogP contribution in [0.15, 0.2) is 12.4 Å². The second-order valence-corrected chi connectivity index (χ2v) is 6.50.